The summed E-state index contributed by atoms with van der Waals surface area (Å²) in [6.07, 6.45) is 3.23. The smallest absolute Gasteiger partial charge is 0.288 e. The van der Waals surface area contributed by atoms with Crippen molar-refractivity contribution in [1.82, 2.24) is 9.47 Å². The van der Waals surface area contributed by atoms with Crippen LogP contribution >= 0.6 is 22.9 Å². The molecule has 0 bridgehead atoms. The van der Waals surface area contributed by atoms with Gasteiger partial charge in [-0.15, -0.1) is 11.3 Å². The number of nitro groups is 1. The van der Waals surface area contributed by atoms with Crippen molar-refractivity contribution in [2.24, 2.45) is 0 Å². The van der Waals surface area contributed by atoms with Gasteiger partial charge >= 0.3 is 0 Å². The molecule has 4 rings (SSSR count). The maximum Gasteiger partial charge on any atom is 0.288 e. The number of thiazole rings is 1. The number of hydrogen-bond acceptors (Lipinski definition) is 6. The predicted octanol–water partition coefficient (Wildman–Crippen LogP) is 2.59. The summed E-state index contributed by atoms with van der Waals surface area (Å²) in [7, 11) is 0. The third kappa shape index (κ3) is 4.44. The second-order valence-corrected chi connectivity index (χ2v) is 8.78. The zero-order valence-electron chi connectivity index (χ0n) is 17.2. The van der Waals surface area contributed by atoms with Crippen LogP contribution in [0.1, 0.15) is 18.4 Å². The molecule has 0 unspecified atom stereocenters. The van der Waals surface area contributed by atoms with E-state index in [1.54, 1.807) is 41.3 Å². The standard InChI is InChI=1S/C23H17ClN4O4S/c24-18-9-8-15(12-19(18)28(31)32)13-20-22(30)27(16-6-2-1-3-7-16)23(33-20)17(14-25)21(29)26-10-4-5-11-26/h1-3,6-9,12-13H,4-5,10-11H2/b20-13-,23-17-. The summed E-state index contributed by atoms with van der Waals surface area (Å²) < 4.78 is 1.79. The van der Waals surface area contributed by atoms with E-state index in [9.17, 15) is 25.0 Å². The highest BCUT2D eigenvalue weighted by Gasteiger charge is 2.24. The van der Waals surface area contributed by atoms with Crippen molar-refractivity contribution >= 4 is 46.2 Å². The Labute approximate surface area is 197 Å². The van der Waals surface area contributed by atoms with Crippen molar-refractivity contribution < 1.29 is 9.72 Å². The van der Waals surface area contributed by atoms with Crippen molar-refractivity contribution in [2.45, 2.75) is 12.8 Å². The summed E-state index contributed by atoms with van der Waals surface area (Å²) >= 11 is 6.89. The molecule has 0 aliphatic carbocycles. The van der Waals surface area contributed by atoms with Crippen molar-refractivity contribution in [3.05, 3.63) is 88.8 Å². The largest absolute Gasteiger partial charge is 0.338 e. The zero-order chi connectivity index (χ0) is 23.5. The number of nitriles is 1. The quantitative estimate of drug-likeness (QED) is 0.421. The van der Waals surface area contributed by atoms with E-state index < -0.39 is 16.4 Å². The second kappa shape index (κ2) is 9.40. The fourth-order valence-electron chi connectivity index (χ4n) is 3.64. The number of para-hydroxylation sites is 1. The number of nitrogens with zero attached hydrogens (tertiary/aromatic N) is 4. The lowest BCUT2D eigenvalue weighted by Gasteiger charge is -2.14. The first kappa shape index (κ1) is 22.5. The average Bonchev–Trinajstić information content (AvgIpc) is 3.45. The Bertz CT molecular complexity index is 1460. The molecule has 2 aromatic carbocycles. The Morgan fingerprint density at radius 1 is 1.18 bits per heavy atom. The highest BCUT2D eigenvalue weighted by molar-refractivity contribution is 7.07. The van der Waals surface area contributed by atoms with E-state index in [4.69, 9.17) is 11.6 Å². The highest BCUT2D eigenvalue weighted by atomic mass is 35.5. The van der Waals surface area contributed by atoms with Crippen LogP contribution in [0.2, 0.25) is 5.02 Å². The molecule has 1 aliphatic heterocycles. The van der Waals surface area contributed by atoms with Crippen LogP contribution in [0, 0.1) is 21.4 Å². The fraction of sp³-hybridized carbons (Fsp3) is 0.174. The number of likely N-dealkylation sites (tertiary alicyclic amines) is 1. The zero-order valence-corrected chi connectivity index (χ0v) is 18.8. The number of rotatable bonds is 4. The third-order valence-electron chi connectivity index (χ3n) is 5.24. The van der Waals surface area contributed by atoms with Crippen LogP contribution in [0.4, 0.5) is 5.69 Å². The number of hydrogen-bond donors (Lipinski definition) is 0. The van der Waals surface area contributed by atoms with Crippen molar-refractivity contribution in [3.63, 3.8) is 0 Å². The van der Waals surface area contributed by atoms with Crippen molar-refractivity contribution in [1.29, 1.82) is 5.26 Å². The Balaban J connectivity index is 2.00. The van der Waals surface area contributed by atoms with E-state index in [0.29, 0.717) is 24.3 Å². The number of halogens is 1. The predicted molar refractivity (Wildman–Crippen MR) is 126 cm³/mol. The van der Waals surface area contributed by atoms with E-state index in [0.717, 1.165) is 24.2 Å². The number of benzene rings is 2. The topological polar surface area (TPSA) is 109 Å². The first-order chi connectivity index (χ1) is 15.9. The minimum atomic E-state index is -0.599. The first-order valence-corrected chi connectivity index (χ1v) is 11.3. The van der Waals surface area contributed by atoms with Gasteiger partial charge in [0.05, 0.1) is 15.1 Å². The summed E-state index contributed by atoms with van der Waals surface area (Å²) in [6, 6.07) is 14.9. The Hall–Kier alpha value is -3.74. The number of carbonyl (C=O) groups is 1. The van der Waals surface area contributed by atoms with E-state index in [1.165, 1.54) is 22.8 Å². The minimum absolute atomic E-state index is 0.0120. The Morgan fingerprint density at radius 2 is 1.88 bits per heavy atom. The molecule has 0 spiro atoms. The van der Waals surface area contributed by atoms with Crippen LogP contribution in [0.15, 0.2) is 53.3 Å². The first-order valence-electron chi connectivity index (χ1n) is 10.1. The molecule has 1 amide bonds. The van der Waals surface area contributed by atoms with E-state index in [2.05, 4.69) is 0 Å². The molecule has 3 aromatic rings. The molecule has 1 fully saturated rings. The molecule has 0 atom stereocenters. The van der Waals surface area contributed by atoms with E-state index in [-0.39, 0.29) is 25.5 Å². The average molecular weight is 481 g/mol. The summed E-state index contributed by atoms with van der Waals surface area (Å²) in [4.78, 5) is 38.7. The van der Waals surface area contributed by atoms with E-state index >= 15 is 0 Å². The maximum atomic E-state index is 13.4. The summed E-state index contributed by atoms with van der Waals surface area (Å²) in [5.74, 6) is -0.408. The molecule has 166 valence electrons. The molecule has 0 saturated carbocycles. The number of amides is 1. The van der Waals surface area contributed by atoms with Gasteiger partial charge in [-0.2, -0.15) is 5.26 Å². The van der Waals surface area contributed by atoms with Gasteiger partial charge < -0.3 is 4.90 Å². The molecule has 0 radical (unpaired) electrons. The molecule has 2 heterocycles. The van der Waals surface area contributed by atoms with Crippen LogP contribution in [-0.2, 0) is 4.79 Å². The Morgan fingerprint density at radius 3 is 2.52 bits per heavy atom. The maximum absolute atomic E-state index is 13.4. The van der Waals surface area contributed by atoms with Gasteiger partial charge in [0, 0.05) is 19.2 Å². The van der Waals surface area contributed by atoms with Gasteiger partial charge in [-0.05, 0) is 42.7 Å². The third-order valence-corrected chi connectivity index (χ3v) is 6.65. The van der Waals surface area contributed by atoms with Crippen LogP contribution in [0.3, 0.4) is 0 Å². The van der Waals surface area contributed by atoms with Crippen LogP contribution in [-0.4, -0.2) is 33.4 Å². The molecule has 10 heteroatoms. The monoisotopic (exact) mass is 480 g/mol. The van der Waals surface area contributed by atoms with Crippen LogP contribution < -0.4 is 14.8 Å². The van der Waals surface area contributed by atoms with Crippen LogP contribution in [0.5, 0.6) is 0 Å². The van der Waals surface area contributed by atoms with Crippen molar-refractivity contribution in [2.75, 3.05) is 13.1 Å². The lowest BCUT2D eigenvalue weighted by molar-refractivity contribution is -0.384. The Kier molecular flexibility index (Phi) is 6.40. The molecule has 1 aliphatic rings. The molecule has 1 aromatic heterocycles. The summed E-state index contributed by atoms with van der Waals surface area (Å²) in [6.45, 7) is 1.14. The normalized spacial score (nSPS) is 14.8. The molecule has 33 heavy (non-hydrogen) atoms. The lowest BCUT2D eigenvalue weighted by atomic mass is 10.2. The van der Waals surface area contributed by atoms with Gasteiger partial charge in [-0.25, -0.2) is 0 Å². The molecule has 8 nitrogen and oxygen atoms in total. The number of aromatic nitrogens is 1. The molecule has 0 N–H and O–H groups in total. The summed E-state index contributed by atoms with van der Waals surface area (Å²) in [5, 5.41) is 21.1. The number of carbonyl (C=O) groups excluding carboxylic acids is 1. The summed E-state index contributed by atoms with van der Waals surface area (Å²) in [5.41, 5.74) is 0.0995. The van der Waals surface area contributed by atoms with Gasteiger partial charge in [0.2, 0.25) is 0 Å². The lowest BCUT2D eigenvalue weighted by Crippen LogP contribution is -2.35. The highest BCUT2D eigenvalue weighted by Crippen LogP contribution is 2.25. The second-order valence-electron chi connectivity index (χ2n) is 7.35. The SMILES string of the molecule is N#C/C(C(=O)N1CCCC1)=c1/s/c(=C\c2ccc(Cl)c([N+](=O)[O-])c2)c(=O)n1-c1ccccc1. The van der Waals surface area contributed by atoms with Gasteiger partial charge in [0.25, 0.3) is 17.2 Å². The van der Waals surface area contributed by atoms with Gasteiger partial charge in [0.15, 0.2) is 5.57 Å². The molecular weight excluding hydrogens is 464 g/mol. The number of nitro benzene ring substituents is 1. The van der Waals surface area contributed by atoms with E-state index in [1.807, 2.05) is 6.07 Å². The van der Waals surface area contributed by atoms with Gasteiger partial charge in [0.1, 0.15) is 15.8 Å². The molecule has 1 saturated heterocycles. The fourth-order valence-corrected chi connectivity index (χ4v) is 4.92. The van der Waals surface area contributed by atoms with Gasteiger partial charge in [-0.1, -0.05) is 35.9 Å². The minimum Gasteiger partial charge on any atom is -0.338 e. The van der Waals surface area contributed by atoms with Crippen molar-refractivity contribution in [3.8, 4) is 11.8 Å². The van der Waals surface area contributed by atoms with Crippen LogP contribution in [0.25, 0.3) is 17.3 Å². The molecular formula is C23H17ClN4O4S. The van der Waals surface area contributed by atoms with Gasteiger partial charge in [-0.3, -0.25) is 24.3 Å².